The van der Waals surface area contributed by atoms with Crippen molar-refractivity contribution >= 4 is 17.5 Å². The number of halogens is 3. The fourth-order valence-electron chi connectivity index (χ4n) is 2.69. The molecule has 0 bridgehead atoms. The van der Waals surface area contributed by atoms with Gasteiger partial charge in [-0.3, -0.25) is 9.59 Å². The second-order valence-electron chi connectivity index (χ2n) is 6.04. The van der Waals surface area contributed by atoms with Crippen molar-refractivity contribution in [2.75, 3.05) is 33.2 Å². The van der Waals surface area contributed by atoms with Crippen molar-refractivity contribution < 1.29 is 37.0 Å². The normalized spacial score (nSPS) is 10.3. The Morgan fingerprint density at radius 1 is 0.867 bits per heavy atom. The highest BCUT2D eigenvalue weighted by Crippen LogP contribution is 2.40. The number of amides is 2. The molecule has 0 spiro atoms. The van der Waals surface area contributed by atoms with E-state index in [1.165, 1.54) is 21.3 Å². The van der Waals surface area contributed by atoms with Crippen LogP contribution in [0.3, 0.4) is 0 Å². The lowest BCUT2D eigenvalue weighted by Crippen LogP contribution is -2.33. The summed E-state index contributed by atoms with van der Waals surface area (Å²) in [5.74, 6) is -4.53. The molecule has 0 saturated carbocycles. The van der Waals surface area contributed by atoms with Crippen LogP contribution < -0.4 is 24.8 Å². The summed E-state index contributed by atoms with van der Waals surface area (Å²) in [7, 11) is 4.41. The molecule has 10 heteroatoms. The summed E-state index contributed by atoms with van der Waals surface area (Å²) in [6, 6.07) is 4.98. The summed E-state index contributed by atoms with van der Waals surface area (Å²) in [6.07, 6.45) is 0.313. The summed E-state index contributed by atoms with van der Waals surface area (Å²) in [5.41, 5.74) is 0.168. The maximum Gasteiger partial charge on any atom is 0.243 e. The number of nitrogens with one attached hydrogen (secondary N) is 2. The molecule has 0 atom stereocenters. The molecule has 0 unspecified atom stereocenters. The summed E-state index contributed by atoms with van der Waals surface area (Å²) in [5, 5.41) is 4.44. The summed E-state index contributed by atoms with van der Waals surface area (Å²) < 4.78 is 55.5. The van der Waals surface area contributed by atoms with Crippen LogP contribution in [-0.4, -0.2) is 39.7 Å². The molecule has 0 heterocycles. The monoisotopic (exact) mass is 426 g/mol. The third-order valence-electron chi connectivity index (χ3n) is 4.16. The van der Waals surface area contributed by atoms with E-state index in [4.69, 9.17) is 14.2 Å². The van der Waals surface area contributed by atoms with Gasteiger partial charge in [-0.2, -0.15) is 0 Å². The molecule has 30 heavy (non-hydrogen) atoms. The predicted molar refractivity (Wildman–Crippen MR) is 102 cm³/mol. The van der Waals surface area contributed by atoms with Crippen molar-refractivity contribution in [3.05, 3.63) is 47.3 Å². The van der Waals surface area contributed by atoms with E-state index in [9.17, 15) is 22.8 Å². The molecular formula is C20H21F3N2O5. The lowest BCUT2D eigenvalue weighted by molar-refractivity contribution is -0.124. The Kier molecular flexibility index (Phi) is 7.90. The second kappa shape index (κ2) is 10.4. The maximum absolute atomic E-state index is 13.6. The number of rotatable bonds is 9. The van der Waals surface area contributed by atoms with Crippen molar-refractivity contribution in [3.63, 3.8) is 0 Å². The molecule has 2 aromatic carbocycles. The Bertz CT molecular complexity index is 937. The van der Waals surface area contributed by atoms with Gasteiger partial charge in [-0.1, -0.05) is 6.07 Å². The fourth-order valence-corrected chi connectivity index (χ4v) is 2.69. The van der Waals surface area contributed by atoms with Gasteiger partial charge in [-0.15, -0.1) is 0 Å². The number of carbonyl (C=O) groups excluding carboxylic acids is 2. The number of benzene rings is 2. The van der Waals surface area contributed by atoms with Crippen LogP contribution in [0.15, 0.2) is 24.3 Å². The quantitative estimate of drug-likeness (QED) is 0.603. The van der Waals surface area contributed by atoms with E-state index >= 15 is 0 Å². The van der Waals surface area contributed by atoms with Crippen LogP contribution >= 0.6 is 0 Å². The highest BCUT2D eigenvalue weighted by atomic mass is 19.2. The lowest BCUT2D eigenvalue weighted by atomic mass is 10.1. The largest absolute Gasteiger partial charge is 0.493 e. The zero-order valence-electron chi connectivity index (χ0n) is 16.6. The molecule has 0 fully saturated rings. The van der Waals surface area contributed by atoms with Crippen LogP contribution in [0.1, 0.15) is 12.0 Å². The molecule has 7 nitrogen and oxygen atoms in total. The second-order valence-corrected chi connectivity index (χ2v) is 6.04. The van der Waals surface area contributed by atoms with E-state index in [1.54, 1.807) is 12.1 Å². The van der Waals surface area contributed by atoms with Crippen LogP contribution in [0.4, 0.5) is 18.9 Å². The minimum Gasteiger partial charge on any atom is -0.493 e. The zero-order chi connectivity index (χ0) is 22.3. The molecule has 2 rings (SSSR count). The maximum atomic E-state index is 13.6. The van der Waals surface area contributed by atoms with E-state index in [1.807, 2.05) is 0 Å². The number of carbonyl (C=O) groups is 2. The van der Waals surface area contributed by atoms with Crippen molar-refractivity contribution in [2.45, 2.75) is 12.8 Å². The third-order valence-corrected chi connectivity index (χ3v) is 4.16. The minimum absolute atomic E-state index is 0.0264. The molecule has 2 amide bonds. The summed E-state index contributed by atoms with van der Waals surface area (Å²) >= 11 is 0. The first-order valence-electron chi connectivity index (χ1n) is 8.80. The Morgan fingerprint density at radius 2 is 1.57 bits per heavy atom. The van der Waals surface area contributed by atoms with Gasteiger partial charge in [0.25, 0.3) is 0 Å². The smallest absolute Gasteiger partial charge is 0.243 e. The molecule has 0 saturated heterocycles. The number of hydrogen-bond acceptors (Lipinski definition) is 5. The molecule has 162 valence electrons. The highest BCUT2D eigenvalue weighted by Gasteiger charge is 2.18. The van der Waals surface area contributed by atoms with E-state index in [-0.39, 0.29) is 12.8 Å². The van der Waals surface area contributed by atoms with Crippen molar-refractivity contribution in [3.8, 4) is 17.2 Å². The average Bonchev–Trinajstić information content (AvgIpc) is 2.75. The molecule has 2 aromatic rings. The van der Waals surface area contributed by atoms with Crippen LogP contribution in [0.5, 0.6) is 17.2 Å². The van der Waals surface area contributed by atoms with Gasteiger partial charge in [-0.05, 0) is 30.2 Å². The summed E-state index contributed by atoms with van der Waals surface area (Å²) in [4.78, 5) is 23.9. The van der Waals surface area contributed by atoms with Gasteiger partial charge >= 0.3 is 0 Å². The van der Waals surface area contributed by atoms with Crippen molar-refractivity contribution in [2.24, 2.45) is 0 Å². The average molecular weight is 426 g/mol. The fraction of sp³-hybridized carbons (Fsp3) is 0.300. The number of aryl methyl sites for hydroxylation is 1. The van der Waals surface area contributed by atoms with Crippen LogP contribution in [0.25, 0.3) is 0 Å². The highest BCUT2D eigenvalue weighted by molar-refractivity contribution is 5.94. The van der Waals surface area contributed by atoms with Crippen LogP contribution in [0, 0.1) is 17.5 Å². The Balaban J connectivity index is 1.91. The third kappa shape index (κ3) is 5.34. The van der Waals surface area contributed by atoms with E-state index in [0.29, 0.717) is 28.9 Å². The number of hydrogen-bond donors (Lipinski definition) is 2. The van der Waals surface area contributed by atoms with Crippen LogP contribution in [0.2, 0.25) is 0 Å². The van der Waals surface area contributed by atoms with Gasteiger partial charge in [0, 0.05) is 6.42 Å². The molecule has 2 N–H and O–H groups in total. The number of anilines is 1. The van der Waals surface area contributed by atoms with E-state index in [2.05, 4.69) is 10.6 Å². The SMILES string of the molecule is COc1ccc(CCC(=O)NCC(=O)Nc2ccc(F)c(F)c2F)c(OC)c1OC. The molecular weight excluding hydrogens is 405 g/mol. The van der Waals surface area contributed by atoms with Gasteiger partial charge in [0.05, 0.1) is 33.6 Å². The summed E-state index contributed by atoms with van der Waals surface area (Å²) in [6.45, 7) is -0.472. The van der Waals surface area contributed by atoms with Gasteiger partial charge < -0.3 is 24.8 Å². The molecule has 0 aliphatic rings. The Morgan fingerprint density at radius 3 is 2.20 bits per heavy atom. The first-order chi connectivity index (χ1) is 14.3. The van der Waals surface area contributed by atoms with E-state index in [0.717, 1.165) is 6.07 Å². The van der Waals surface area contributed by atoms with Crippen LogP contribution in [-0.2, 0) is 16.0 Å². The van der Waals surface area contributed by atoms with E-state index < -0.39 is 41.5 Å². The first-order valence-corrected chi connectivity index (χ1v) is 8.80. The Labute approximate surface area is 171 Å². The number of ether oxygens (including phenoxy) is 3. The zero-order valence-corrected chi connectivity index (χ0v) is 16.6. The van der Waals surface area contributed by atoms with Gasteiger partial charge in [0.2, 0.25) is 17.6 Å². The molecule has 0 radical (unpaired) electrons. The van der Waals surface area contributed by atoms with Gasteiger partial charge in [0.1, 0.15) is 0 Å². The van der Waals surface area contributed by atoms with Gasteiger partial charge in [0.15, 0.2) is 29.0 Å². The molecule has 0 aromatic heterocycles. The lowest BCUT2D eigenvalue weighted by Gasteiger charge is -2.15. The standard InChI is InChI=1S/C20H21F3N2O5/c1-28-14-8-4-11(19(29-2)20(14)30-3)5-9-15(26)24-10-16(27)25-13-7-6-12(21)17(22)18(13)23/h4,6-8H,5,9-10H2,1-3H3,(H,24,26)(H,25,27). The van der Waals surface area contributed by atoms with Crippen molar-refractivity contribution in [1.29, 1.82) is 0 Å². The minimum atomic E-state index is -1.69. The predicted octanol–water partition coefficient (Wildman–Crippen LogP) is 2.82. The van der Waals surface area contributed by atoms with Crippen molar-refractivity contribution in [1.82, 2.24) is 5.32 Å². The van der Waals surface area contributed by atoms with Gasteiger partial charge in [-0.25, -0.2) is 13.2 Å². The molecule has 0 aliphatic heterocycles. The Hall–Kier alpha value is -3.43. The topological polar surface area (TPSA) is 85.9 Å². The molecule has 0 aliphatic carbocycles. The first kappa shape index (κ1) is 22.9. The number of methoxy groups -OCH3 is 3.